The first-order valence-electron chi connectivity index (χ1n) is 5.21. The first-order valence-corrected chi connectivity index (χ1v) is 5.59. The van der Waals surface area contributed by atoms with Crippen molar-refractivity contribution in [2.75, 3.05) is 5.32 Å². The topological polar surface area (TPSA) is 81.4 Å². The zero-order chi connectivity index (χ0) is 13.3. The highest BCUT2D eigenvalue weighted by atomic mass is 35.5. The SMILES string of the molecule is CC(C)(C)OC(=O)Nc1cc(Cl)nc2ncnn12. The molecule has 1 amide bonds. The van der Waals surface area contributed by atoms with E-state index in [1.54, 1.807) is 20.8 Å². The lowest BCUT2D eigenvalue weighted by atomic mass is 10.2. The number of fused-ring (bicyclic) bond motifs is 1. The van der Waals surface area contributed by atoms with Crippen molar-refractivity contribution in [2.24, 2.45) is 0 Å². The van der Waals surface area contributed by atoms with Crippen LogP contribution in [0.5, 0.6) is 0 Å². The van der Waals surface area contributed by atoms with Gasteiger partial charge in [-0.2, -0.15) is 19.6 Å². The van der Waals surface area contributed by atoms with Crippen LogP contribution in [-0.4, -0.2) is 31.3 Å². The maximum absolute atomic E-state index is 11.6. The van der Waals surface area contributed by atoms with Gasteiger partial charge in [-0.05, 0) is 20.8 Å². The van der Waals surface area contributed by atoms with Crippen molar-refractivity contribution in [1.29, 1.82) is 0 Å². The van der Waals surface area contributed by atoms with Crippen LogP contribution in [0.3, 0.4) is 0 Å². The Balaban J connectivity index is 2.26. The van der Waals surface area contributed by atoms with Crippen molar-refractivity contribution in [3.63, 3.8) is 0 Å². The molecule has 18 heavy (non-hydrogen) atoms. The van der Waals surface area contributed by atoms with Gasteiger partial charge < -0.3 is 4.74 Å². The van der Waals surface area contributed by atoms with Crippen molar-refractivity contribution < 1.29 is 9.53 Å². The van der Waals surface area contributed by atoms with Crippen molar-refractivity contribution >= 4 is 29.3 Å². The number of nitrogens with one attached hydrogen (secondary N) is 1. The molecule has 1 N–H and O–H groups in total. The molecule has 0 radical (unpaired) electrons. The van der Waals surface area contributed by atoms with Crippen molar-refractivity contribution in [2.45, 2.75) is 26.4 Å². The largest absolute Gasteiger partial charge is 0.444 e. The van der Waals surface area contributed by atoms with Gasteiger partial charge in [0.05, 0.1) is 0 Å². The molecule has 8 heteroatoms. The fourth-order valence-electron chi connectivity index (χ4n) is 1.28. The quantitative estimate of drug-likeness (QED) is 0.802. The van der Waals surface area contributed by atoms with Gasteiger partial charge in [0.25, 0.3) is 5.78 Å². The van der Waals surface area contributed by atoms with Crippen LogP contribution in [0.1, 0.15) is 20.8 Å². The third-order valence-electron chi connectivity index (χ3n) is 1.85. The Morgan fingerprint density at radius 3 is 2.89 bits per heavy atom. The first-order chi connectivity index (χ1) is 8.35. The Hall–Kier alpha value is -1.89. The molecule has 96 valence electrons. The fraction of sp³-hybridized carbons (Fsp3) is 0.400. The molecule has 0 saturated heterocycles. The molecule has 7 nitrogen and oxygen atoms in total. The third kappa shape index (κ3) is 2.86. The highest BCUT2D eigenvalue weighted by Crippen LogP contribution is 2.16. The summed E-state index contributed by atoms with van der Waals surface area (Å²) in [5.74, 6) is 0.644. The molecule has 0 aromatic carbocycles. The van der Waals surface area contributed by atoms with E-state index in [0.717, 1.165) is 0 Å². The summed E-state index contributed by atoms with van der Waals surface area (Å²) in [6.45, 7) is 5.32. The zero-order valence-electron chi connectivity index (χ0n) is 10.1. The van der Waals surface area contributed by atoms with Crippen LogP contribution >= 0.6 is 11.6 Å². The molecule has 0 spiro atoms. The van der Waals surface area contributed by atoms with E-state index in [4.69, 9.17) is 16.3 Å². The van der Waals surface area contributed by atoms with Crippen molar-refractivity contribution in [1.82, 2.24) is 19.6 Å². The zero-order valence-corrected chi connectivity index (χ0v) is 10.9. The number of nitrogens with zero attached hydrogens (tertiary/aromatic N) is 4. The average Bonchev–Trinajstić information content (AvgIpc) is 2.61. The van der Waals surface area contributed by atoms with Gasteiger partial charge in [-0.1, -0.05) is 11.6 Å². The molecule has 0 unspecified atom stereocenters. The molecule has 0 atom stereocenters. The number of aromatic nitrogens is 4. The molecule has 0 fully saturated rings. The Kier molecular flexibility index (Phi) is 3.08. The molecule has 2 aromatic heterocycles. The Bertz CT molecular complexity index is 589. The maximum Gasteiger partial charge on any atom is 0.413 e. The molecular formula is C10H12ClN5O2. The monoisotopic (exact) mass is 269 g/mol. The summed E-state index contributed by atoms with van der Waals surface area (Å²) in [5.41, 5.74) is -0.581. The lowest BCUT2D eigenvalue weighted by Crippen LogP contribution is -2.28. The van der Waals surface area contributed by atoms with Crippen LogP contribution in [0.25, 0.3) is 5.78 Å². The second-order valence-corrected chi connectivity index (χ2v) is 4.95. The lowest BCUT2D eigenvalue weighted by Gasteiger charge is -2.19. The number of halogens is 1. The predicted octanol–water partition coefficient (Wildman–Crippen LogP) is 2.12. The minimum Gasteiger partial charge on any atom is -0.444 e. The molecule has 2 aromatic rings. The van der Waals surface area contributed by atoms with Crippen LogP contribution in [0.2, 0.25) is 5.15 Å². The summed E-state index contributed by atoms with van der Waals surface area (Å²) >= 11 is 5.81. The van der Waals surface area contributed by atoms with Crippen LogP contribution in [-0.2, 0) is 4.74 Å². The number of hydrogen-bond acceptors (Lipinski definition) is 5. The van der Waals surface area contributed by atoms with Gasteiger partial charge in [-0.3, -0.25) is 5.32 Å². The Labute approximate surface area is 108 Å². The maximum atomic E-state index is 11.6. The molecular weight excluding hydrogens is 258 g/mol. The average molecular weight is 270 g/mol. The van der Waals surface area contributed by atoms with E-state index in [1.807, 2.05) is 0 Å². The third-order valence-corrected chi connectivity index (χ3v) is 2.04. The second-order valence-electron chi connectivity index (χ2n) is 4.56. The van der Waals surface area contributed by atoms with Gasteiger partial charge >= 0.3 is 6.09 Å². The van der Waals surface area contributed by atoms with Crippen LogP contribution < -0.4 is 5.32 Å². The van der Waals surface area contributed by atoms with E-state index in [0.29, 0.717) is 11.6 Å². The Morgan fingerprint density at radius 2 is 2.22 bits per heavy atom. The number of anilines is 1. The Morgan fingerprint density at radius 1 is 1.50 bits per heavy atom. The molecule has 0 saturated carbocycles. The minimum atomic E-state index is -0.596. The van der Waals surface area contributed by atoms with E-state index in [-0.39, 0.29) is 5.15 Å². The van der Waals surface area contributed by atoms with Gasteiger partial charge in [0, 0.05) is 6.07 Å². The van der Waals surface area contributed by atoms with Crippen molar-refractivity contribution in [3.05, 3.63) is 17.5 Å². The normalized spacial score (nSPS) is 11.6. The molecule has 2 rings (SSSR count). The van der Waals surface area contributed by atoms with Crippen LogP contribution in [0.15, 0.2) is 12.4 Å². The fourth-order valence-corrected chi connectivity index (χ4v) is 1.46. The van der Waals surface area contributed by atoms with Gasteiger partial charge in [0.1, 0.15) is 22.9 Å². The highest BCUT2D eigenvalue weighted by molar-refractivity contribution is 6.29. The van der Waals surface area contributed by atoms with Gasteiger partial charge in [0.2, 0.25) is 0 Å². The van der Waals surface area contributed by atoms with Gasteiger partial charge in [0.15, 0.2) is 0 Å². The smallest absolute Gasteiger partial charge is 0.413 e. The number of amides is 1. The van der Waals surface area contributed by atoms with Crippen LogP contribution in [0.4, 0.5) is 10.6 Å². The molecule has 0 aliphatic rings. The second kappa shape index (κ2) is 4.41. The number of carbonyl (C=O) groups excluding carboxylic acids is 1. The molecule has 2 heterocycles. The summed E-state index contributed by atoms with van der Waals surface area (Å²) < 4.78 is 6.49. The summed E-state index contributed by atoms with van der Waals surface area (Å²) in [4.78, 5) is 19.5. The standard InChI is InChI=1S/C10H12ClN5O2/c1-10(2,3)18-9(17)15-7-4-6(11)14-8-12-5-13-16(7)8/h4-5H,1-3H3,(H,15,17). The molecule has 0 aliphatic carbocycles. The van der Waals surface area contributed by atoms with Gasteiger partial charge in [-0.15, -0.1) is 0 Å². The van der Waals surface area contributed by atoms with Gasteiger partial charge in [-0.25, -0.2) is 4.79 Å². The number of carbonyl (C=O) groups is 1. The number of hydrogen-bond donors (Lipinski definition) is 1. The summed E-state index contributed by atoms with van der Waals surface area (Å²) in [7, 11) is 0. The minimum absolute atomic E-state index is 0.210. The van der Waals surface area contributed by atoms with Crippen molar-refractivity contribution in [3.8, 4) is 0 Å². The van der Waals surface area contributed by atoms with E-state index in [2.05, 4.69) is 20.4 Å². The van der Waals surface area contributed by atoms with Crippen LogP contribution in [0, 0.1) is 0 Å². The first kappa shape index (κ1) is 12.6. The lowest BCUT2D eigenvalue weighted by molar-refractivity contribution is 0.0635. The van der Waals surface area contributed by atoms with E-state index in [9.17, 15) is 4.79 Å². The van der Waals surface area contributed by atoms with E-state index >= 15 is 0 Å². The highest BCUT2D eigenvalue weighted by Gasteiger charge is 2.17. The van der Waals surface area contributed by atoms with E-state index in [1.165, 1.54) is 16.9 Å². The molecule has 0 aliphatic heterocycles. The molecule has 0 bridgehead atoms. The summed E-state index contributed by atoms with van der Waals surface area (Å²) in [6.07, 6.45) is 0.723. The summed E-state index contributed by atoms with van der Waals surface area (Å²) in [6, 6.07) is 1.47. The van der Waals surface area contributed by atoms with E-state index < -0.39 is 11.7 Å². The number of rotatable bonds is 1. The number of ether oxygens (including phenoxy) is 1. The summed E-state index contributed by atoms with van der Waals surface area (Å²) in [5, 5.41) is 6.68. The predicted molar refractivity (Wildman–Crippen MR) is 65.6 cm³/mol.